The molecule has 0 aromatic heterocycles. The van der Waals surface area contributed by atoms with E-state index in [1.54, 1.807) is 0 Å². The third-order valence-corrected chi connectivity index (χ3v) is 6.42. The predicted octanol–water partition coefficient (Wildman–Crippen LogP) is 5.15. The van der Waals surface area contributed by atoms with E-state index in [0.717, 1.165) is 30.1 Å². The molecule has 3 saturated heterocycles. The first-order valence-corrected chi connectivity index (χ1v) is 11.2. The fraction of sp³-hybridized carbons (Fsp3) is 0.478. The number of nitrogens with one attached hydrogen (secondary N) is 1. The van der Waals surface area contributed by atoms with Crippen molar-refractivity contribution in [2.75, 3.05) is 26.2 Å². The Bertz CT molecular complexity index is 820. The SMILES string of the molecule is CCOc1cc(CNC2CN3CCC2CC3)cc(Cl)c1OCc1ccc(Cl)cc1. The number of fused-ring (bicyclic) bond motifs is 3. The lowest BCUT2D eigenvalue weighted by Gasteiger charge is -2.45. The Morgan fingerprint density at radius 1 is 1.03 bits per heavy atom. The summed E-state index contributed by atoms with van der Waals surface area (Å²) in [6.45, 7) is 7.38. The molecule has 0 amide bonds. The molecule has 1 N–H and O–H groups in total. The van der Waals surface area contributed by atoms with Gasteiger partial charge in [-0.15, -0.1) is 0 Å². The maximum absolute atomic E-state index is 6.58. The zero-order chi connectivity index (χ0) is 20.2. The van der Waals surface area contributed by atoms with Crippen LogP contribution in [0.25, 0.3) is 0 Å². The Morgan fingerprint density at radius 2 is 1.79 bits per heavy atom. The normalized spacial score (nSPS) is 23.2. The zero-order valence-corrected chi connectivity index (χ0v) is 18.3. The average molecular weight is 435 g/mol. The Kier molecular flexibility index (Phi) is 6.86. The van der Waals surface area contributed by atoms with Crippen LogP contribution >= 0.6 is 23.2 Å². The van der Waals surface area contributed by atoms with E-state index in [-0.39, 0.29) is 0 Å². The molecule has 3 heterocycles. The van der Waals surface area contributed by atoms with Crippen molar-refractivity contribution < 1.29 is 9.47 Å². The summed E-state index contributed by atoms with van der Waals surface area (Å²) in [5.41, 5.74) is 2.15. The monoisotopic (exact) mass is 434 g/mol. The lowest BCUT2D eigenvalue weighted by molar-refractivity contribution is 0.0720. The fourth-order valence-corrected chi connectivity index (χ4v) is 4.72. The molecule has 1 unspecified atom stereocenters. The smallest absolute Gasteiger partial charge is 0.180 e. The topological polar surface area (TPSA) is 33.7 Å². The summed E-state index contributed by atoms with van der Waals surface area (Å²) < 4.78 is 11.8. The van der Waals surface area contributed by atoms with Crippen LogP contribution in [-0.2, 0) is 13.2 Å². The summed E-state index contributed by atoms with van der Waals surface area (Å²) in [5, 5.41) is 5.03. The number of rotatable bonds is 8. The second-order valence-electron chi connectivity index (χ2n) is 7.88. The van der Waals surface area contributed by atoms with Crippen molar-refractivity contribution in [3.05, 3.63) is 57.6 Å². The molecule has 4 nitrogen and oxygen atoms in total. The van der Waals surface area contributed by atoms with Gasteiger partial charge in [0.25, 0.3) is 0 Å². The molecular formula is C23H28Cl2N2O2. The maximum Gasteiger partial charge on any atom is 0.180 e. The molecule has 5 rings (SSSR count). The number of nitrogens with zero attached hydrogens (tertiary/aromatic N) is 1. The van der Waals surface area contributed by atoms with E-state index in [4.69, 9.17) is 32.7 Å². The van der Waals surface area contributed by atoms with E-state index in [9.17, 15) is 0 Å². The summed E-state index contributed by atoms with van der Waals surface area (Å²) in [6, 6.07) is 12.2. The molecule has 29 heavy (non-hydrogen) atoms. The van der Waals surface area contributed by atoms with E-state index in [1.165, 1.54) is 25.9 Å². The van der Waals surface area contributed by atoms with Crippen LogP contribution in [0.1, 0.15) is 30.9 Å². The molecule has 3 aliphatic heterocycles. The van der Waals surface area contributed by atoms with Gasteiger partial charge in [-0.2, -0.15) is 0 Å². The number of halogens is 2. The Labute approximate surface area is 183 Å². The first-order chi connectivity index (χ1) is 14.1. The van der Waals surface area contributed by atoms with Crippen LogP contribution < -0.4 is 14.8 Å². The van der Waals surface area contributed by atoms with Gasteiger partial charge in [0, 0.05) is 24.2 Å². The molecule has 156 valence electrons. The van der Waals surface area contributed by atoms with E-state index in [1.807, 2.05) is 43.3 Å². The van der Waals surface area contributed by atoms with Crippen molar-refractivity contribution in [1.29, 1.82) is 0 Å². The lowest BCUT2D eigenvalue weighted by Crippen LogP contribution is -2.55. The van der Waals surface area contributed by atoms with Crippen molar-refractivity contribution in [1.82, 2.24) is 10.2 Å². The van der Waals surface area contributed by atoms with Gasteiger partial charge in [-0.05, 0) is 74.2 Å². The molecule has 3 aliphatic rings. The largest absolute Gasteiger partial charge is 0.490 e. The Balaban J connectivity index is 1.43. The van der Waals surface area contributed by atoms with Crippen molar-refractivity contribution in [3.8, 4) is 11.5 Å². The highest BCUT2D eigenvalue weighted by Crippen LogP contribution is 2.37. The fourth-order valence-electron chi connectivity index (χ4n) is 4.31. The number of piperidine rings is 3. The molecule has 1 atom stereocenters. The minimum absolute atomic E-state index is 0.411. The van der Waals surface area contributed by atoms with Crippen LogP contribution in [0.2, 0.25) is 10.0 Å². The van der Waals surface area contributed by atoms with Gasteiger partial charge < -0.3 is 19.7 Å². The second-order valence-corrected chi connectivity index (χ2v) is 8.72. The molecule has 6 heteroatoms. The molecule has 0 radical (unpaired) electrons. The van der Waals surface area contributed by atoms with Crippen LogP contribution in [0.3, 0.4) is 0 Å². The highest BCUT2D eigenvalue weighted by molar-refractivity contribution is 6.32. The molecule has 3 fully saturated rings. The summed E-state index contributed by atoms with van der Waals surface area (Å²) in [4.78, 5) is 2.56. The standard InChI is InChI=1S/C23H28Cl2N2O2/c1-2-28-22-12-17(13-26-21-14-27-9-7-18(21)8-10-27)11-20(25)23(22)29-15-16-3-5-19(24)6-4-16/h3-6,11-12,18,21,26H,2,7-10,13-15H2,1H3. The minimum Gasteiger partial charge on any atom is -0.490 e. The van der Waals surface area contributed by atoms with Gasteiger partial charge >= 0.3 is 0 Å². The number of ether oxygens (including phenoxy) is 2. The summed E-state index contributed by atoms with van der Waals surface area (Å²) in [6.07, 6.45) is 2.61. The highest BCUT2D eigenvalue weighted by Gasteiger charge is 2.33. The first-order valence-electron chi connectivity index (χ1n) is 10.4. The van der Waals surface area contributed by atoms with Crippen LogP contribution in [0.15, 0.2) is 36.4 Å². The molecule has 0 spiro atoms. The van der Waals surface area contributed by atoms with Gasteiger partial charge in [0.05, 0.1) is 11.6 Å². The third kappa shape index (κ3) is 5.18. The molecule has 0 aliphatic carbocycles. The number of hydrogen-bond acceptors (Lipinski definition) is 4. The van der Waals surface area contributed by atoms with Crippen molar-refractivity contribution in [2.45, 2.75) is 39.0 Å². The van der Waals surface area contributed by atoms with Gasteiger partial charge in [0.15, 0.2) is 11.5 Å². The minimum atomic E-state index is 0.411. The zero-order valence-electron chi connectivity index (χ0n) is 16.8. The molecule has 2 bridgehead atoms. The van der Waals surface area contributed by atoms with E-state index in [2.05, 4.69) is 10.2 Å². The molecule has 2 aromatic rings. The van der Waals surface area contributed by atoms with E-state index >= 15 is 0 Å². The second kappa shape index (κ2) is 9.57. The van der Waals surface area contributed by atoms with Crippen molar-refractivity contribution in [2.24, 2.45) is 5.92 Å². The van der Waals surface area contributed by atoms with Crippen molar-refractivity contribution in [3.63, 3.8) is 0 Å². The van der Waals surface area contributed by atoms with Gasteiger partial charge in [-0.1, -0.05) is 35.3 Å². The number of hydrogen-bond donors (Lipinski definition) is 1. The molecular weight excluding hydrogens is 407 g/mol. The van der Waals surface area contributed by atoms with E-state index < -0.39 is 0 Å². The summed E-state index contributed by atoms with van der Waals surface area (Å²) in [5.74, 6) is 2.08. The summed E-state index contributed by atoms with van der Waals surface area (Å²) in [7, 11) is 0. The predicted molar refractivity (Wildman–Crippen MR) is 118 cm³/mol. The molecule has 0 saturated carbocycles. The Hall–Kier alpha value is -1.46. The van der Waals surface area contributed by atoms with Crippen LogP contribution in [-0.4, -0.2) is 37.2 Å². The first kappa shape index (κ1) is 20.8. The van der Waals surface area contributed by atoms with Crippen LogP contribution in [0.4, 0.5) is 0 Å². The Morgan fingerprint density at radius 3 is 2.45 bits per heavy atom. The highest BCUT2D eigenvalue weighted by atomic mass is 35.5. The van der Waals surface area contributed by atoms with Crippen LogP contribution in [0.5, 0.6) is 11.5 Å². The average Bonchev–Trinajstić information content (AvgIpc) is 2.74. The van der Waals surface area contributed by atoms with Gasteiger partial charge in [0.1, 0.15) is 6.61 Å². The van der Waals surface area contributed by atoms with Crippen molar-refractivity contribution >= 4 is 23.2 Å². The summed E-state index contributed by atoms with van der Waals surface area (Å²) >= 11 is 12.5. The van der Waals surface area contributed by atoms with Gasteiger partial charge in [-0.3, -0.25) is 0 Å². The third-order valence-electron chi connectivity index (χ3n) is 5.89. The lowest BCUT2D eigenvalue weighted by atomic mass is 9.84. The maximum atomic E-state index is 6.58. The quantitative estimate of drug-likeness (QED) is 0.622. The number of benzene rings is 2. The van der Waals surface area contributed by atoms with Crippen LogP contribution in [0, 0.1) is 5.92 Å². The van der Waals surface area contributed by atoms with E-state index in [0.29, 0.717) is 40.8 Å². The molecule has 2 aromatic carbocycles. The van der Waals surface area contributed by atoms with Gasteiger partial charge in [0.2, 0.25) is 0 Å². The van der Waals surface area contributed by atoms with Gasteiger partial charge in [-0.25, -0.2) is 0 Å².